The number of rotatable bonds is 2. The first kappa shape index (κ1) is 17.4. The van der Waals surface area contributed by atoms with Crippen LogP contribution in [-0.2, 0) is 20.0 Å². The number of benzene rings is 1. The zero-order valence-corrected chi connectivity index (χ0v) is 14.4. The Kier molecular flexibility index (Phi) is 5.66. The topological polar surface area (TPSA) is 37.3 Å². The average molecular weight is 309 g/mol. The summed E-state index contributed by atoms with van der Waals surface area (Å²) in [4.78, 5) is 14.8. The Hall–Kier alpha value is -2.01. The predicted octanol–water partition coefficient (Wildman–Crippen LogP) is 2.78. The van der Waals surface area contributed by atoms with Crippen molar-refractivity contribution >= 4 is 19.4 Å². The second kappa shape index (κ2) is 7.51. The molecule has 0 bridgehead atoms. The van der Waals surface area contributed by atoms with Gasteiger partial charge in [-0.2, -0.15) is 0 Å². The van der Waals surface area contributed by atoms with Gasteiger partial charge in [-0.1, -0.05) is 25.0 Å². The number of amides is 1. The summed E-state index contributed by atoms with van der Waals surface area (Å²) in [5, 5.41) is 3.01. The molecule has 120 valence electrons. The molecule has 1 aliphatic heterocycles. The normalized spacial score (nSPS) is 13.7. The molecule has 23 heavy (non-hydrogen) atoms. The summed E-state index contributed by atoms with van der Waals surface area (Å²) in [6, 6.07) is 9.87. The van der Waals surface area contributed by atoms with Crippen LogP contribution in [0.5, 0.6) is 0 Å². The fourth-order valence-corrected chi connectivity index (χ4v) is 2.96. The predicted molar refractivity (Wildman–Crippen MR) is 96.2 cm³/mol. The van der Waals surface area contributed by atoms with Gasteiger partial charge in [0.25, 0.3) is 5.91 Å². The second-order valence-electron chi connectivity index (χ2n) is 5.82. The van der Waals surface area contributed by atoms with Crippen molar-refractivity contribution in [2.75, 3.05) is 18.9 Å². The third-order valence-electron chi connectivity index (χ3n) is 4.24. The lowest BCUT2D eigenvalue weighted by Gasteiger charge is -2.23. The van der Waals surface area contributed by atoms with E-state index in [0.717, 1.165) is 36.5 Å². The van der Waals surface area contributed by atoms with E-state index < -0.39 is 0 Å². The molecular formula is C18H24BN3O. The van der Waals surface area contributed by atoms with Gasteiger partial charge in [0.2, 0.25) is 0 Å². The number of para-hydroxylation sites is 1. The number of nitrogens with zero attached hydrogens (tertiary/aromatic N) is 2. The molecule has 1 aromatic carbocycles. The minimum Gasteiger partial charge on any atom is -0.343 e. The van der Waals surface area contributed by atoms with E-state index in [2.05, 4.69) is 25.1 Å². The average Bonchev–Trinajstić information content (AvgIpc) is 2.88. The Balaban J connectivity index is 0.000000924. The Labute approximate surface area is 139 Å². The van der Waals surface area contributed by atoms with Gasteiger partial charge in [-0.15, -0.1) is 0 Å². The van der Waals surface area contributed by atoms with Crippen LogP contribution in [0.15, 0.2) is 30.3 Å². The summed E-state index contributed by atoms with van der Waals surface area (Å²) >= 11 is 0. The standard InChI is InChI=1S/C17H21N3O.CH3B/c1-12-6-4-5-7-14(12)18-17(21)16-10-13-11-19(2)9-8-15(13)20(16)3;1-2/h4-7,10H,8-9,11H2,1-3H3,(H,18,21);1H3. The molecule has 0 spiro atoms. The number of hydrogen-bond acceptors (Lipinski definition) is 2. The van der Waals surface area contributed by atoms with E-state index in [-0.39, 0.29) is 5.91 Å². The third-order valence-corrected chi connectivity index (χ3v) is 4.24. The molecule has 1 aliphatic rings. The van der Waals surface area contributed by atoms with Gasteiger partial charge in [0.05, 0.1) is 7.85 Å². The molecule has 3 rings (SSSR count). The lowest BCUT2D eigenvalue weighted by molar-refractivity contribution is 0.101. The van der Waals surface area contributed by atoms with Gasteiger partial charge in [-0.3, -0.25) is 4.79 Å². The van der Waals surface area contributed by atoms with E-state index >= 15 is 0 Å². The molecule has 0 saturated carbocycles. The first-order valence-electron chi connectivity index (χ1n) is 7.87. The smallest absolute Gasteiger partial charge is 0.272 e. The van der Waals surface area contributed by atoms with Gasteiger partial charge in [0, 0.05) is 37.9 Å². The van der Waals surface area contributed by atoms with Gasteiger partial charge in [0.1, 0.15) is 5.69 Å². The van der Waals surface area contributed by atoms with Crippen molar-refractivity contribution in [2.24, 2.45) is 7.05 Å². The van der Waals surface area contributed by atoms with E-state index in [1.54, 1.807) is 0 Å². The Bertz CT molecular complexity index is 694. The molecule has 0 unspecified atom stereocenters. The van der Waals surface area contributed by atoms with Crippen LogP contribution in [0.3, 0.4) is 0 Å². The number of hydrogen-bond donors (Lipinski definition) is 1. The van der Waals surface area contributed by atoms with Crippen LogP contribution >= 0.6 is 0 Å². The Morgan fingerprint density at radius 3 is 2.61 bits per heavy atom. The van der Waals surface area contributed by atoms with Gasteiger partial charge in [-0.05, 0) is 37.2 Å². The monoisotopic (exact) mass is 309 g/mol. The van der Waals surface area contributed by atoms with Crippen molar-refractivity contribution in [1.29, 1.82) is 0 Å². The number of fused-ring (bicyclic) bond motifs is 1. The molecule has 0 saturated heterocycles. The maximum Gasteiger partial charge on any atom is 0.272 e. The van der Waals surface area contributed by atoms with Gasteiger partial charge >= 0.3 is 0 Å². The highest BCUT2D eigenvalue weighted by Crippen LogP contribution is 2.23. The molecule has 1 N–H and O–H groups in total. The summed E-state index contributed by atoms with van der Waals surface area (Å²) in [5.41, 5.74) is 5.23. The largest absolute Gasteiger partial charge is 0.343 e. The van der Waals surface area contributed by atoms with E-state index in [4.69, 9.17) is 0 Å². The third kappa shape index (κ3) is 3.67. The van der Waals surface area contributed by atoms with Crippen LogP contribution in [0, 0.1) is 6.92 Å². The summed E-state index contributed by atoms with van der Waals surface area (Å²) in [6.07, 6.45) is 1.000. The Morgan fingerprint density at radius 1 is 1.22 bits per heavy atom. The highest BCUT2D eigenvalue weighted by molar-refractivity contribution is 6.05. The zero-order valence-electron chi connectivity index (χ0n) is 14.4. The van der Waals surface area contributed by atoms with Crippen molar-refractivity contribution in [1.82, 2.24) is 9.47 Å². The van der Waals surface area contributed by atoms with Crippen molar-refractivity contribution in [3.05, 3.63) is 52.8 Å². The van der Waals surface area contributed by atoms with Gasteiger partial charge in [-0.25, -0.2) is 0 Å². The molecule has 0 fully saturated rings. The molecule has 5 heteroatoms. The van der Waals surface area contributed by atoms with Crippen molar-refractivity contribution in [3.8, 4) is 0 Å². The number of carbonyl (C=O) groups excluding carboxylic acids is 1. The molecule has 0 atom stereocenters. The van der Waals surface area contributed by atoms with Crippen LogP contribution in [0.25, 0.3) is 0 Å². The highest BCUT2D eigenvalue weighted by Gasteiger charge is 2.22. The van der Waals surface area contributed by atoms with Gasteiger partial charge in [0.15, 0.2) is 0 Å². The minimum atomic E-state index is -0.0381. The molecule has 0 aliphatic carbocycles. The SMILES string of the molecule is Cc1ccccc1NC(=O)c1cc2c(n1C)CCN(C)C2.[B]C. The number of aryl methyl sites for hydroxylation is 1. The fraction of sp³-hybridized carbons (Fsp3) is 0.389. The zero-order chi connectivity index (χ0) is 17.0. The summed E-state index contributed by atoms with van der Waals surface area (Å²) in [7, 11) is 8.60. The molecule has 2 aromatic rings. The molecule has 2 radical (unpaired) electrons. The summed E-state index contributed by atoms with van der Waals surface area (Å²) in [5.74, 6) is -0.0381. The molecule has 2 heterocycles. The van der Waals surface area contributed by atoms with Crippen LogP contribution in [-0.4, -0.2) is 36.8 Å². The van der Waals surface area contributed by atoms with Crippen molar-refractivity contribution in [2.45, 2.75) is 26.7 Å². The van der Waals surface area contributed by atoms with Crippen LogP contribution in [0.2, 0.25) is 6.82 Å². The maximum atomic E-state index is 12.5. The highest BCUT2D eigenvalue weighted by atomic mass is 16.1. The number of likely N-dealkylation sites (N-methyl/N-ethyl adjacent to an activating group) is 1. The molecular weight excluding hydrogens is 285 g/mol. The minimum absolute atomic E-state index is 0.0381. The lowest BCUT2D eigenvalue weighted by Crippen LogP contribution is -2.27. The Morgan fingerprint density at radius 2 is 1.91 bits per heavy atom. The first-order chi connectivity index (χ1) is 11.1. The van der Waals surface area contributed by atoms with Crippen LogP contribution in [0.4, 0.5) is 5.69 Å². The van der Waals surface area contributed by atoms with Crippen LogP contribution in [0.1, 0.15) is 27.3 Å². The van der Waals surface area contributed by atoms with Gasteiger partial charge < -0.3 is 14.8 Å². The first-order valence-corrected chi connectivity index (χ1v) is 7.87. The number of aromatic nitrogens is 1. The molecule has 4 nitrogen and oxygen atoms in total. The number of anilines is 1. The summed E-state index contributed by atoms with van der Waals surface area (Å²) < 4.78 is 2.04. The van der Waals surface area contributed by atoms with Crippen molar-refractivity contribution < 1.29 is 4.79 Å². The molecule has 1 aromatic heterocycles. The quantitative estimate of drug-likeness (QED) is 0.866. The fourth-order valence-electron chi connectivity index (χ4n) is 2.96. The lowest BCUT2D eigenvalue weighted by atomic mass is 10.1. The van der Waals surface area contributed by atoms with E-state index in [0.29, 0.717) is 0 Å². The molecule has 1 amide bonds. The maximum absolute atomic E-state index is 12.5. The number of nitrogens with one attached hydrogen (secondary N) is 1. The second-order valence-corrected chi connectivity index (χ2v) is 5.82. The van der Waals surface area contributed by atoms with Crippen molar-refractivity contribution in [3.63, 3.8) is 0 Å². The van der Waals surface area contributed by atoms with E-state index in [1.807, 2.05) is 48.9 Å². The van der Waals surface area contributed by atoms with E-state index in [9.17, 15) is 4.79 Å². The van der Waals surface area contributed by atoms with Crippen LogP contribution < -0.4 is 5.32 Å². The number of carbonyl (C=O) groups is 1. The summed E-state index contributed by atoms with van der Waals surface area (Å²) in [6.45, 7) is 5.46. The van der Waals surface area contributed by atoms with E-state index in [1.165, 1.54) is 18.1 Å².